The highest BCUT2D eigenvalue weighted by Crippen LogP contribution is 2.39. The molecule has 11 heteroatoms. The van der Waals surface area contributed by atoms with Gasteiger partial charge in [-0.15, -0.1) is 0 Å². The van der Waals surface area contributed by atoms with Crippen molar-refractivity contribution >= 4 is 23.5 Å². The van der Waals surface area contributed by atoms with E-state index in [0.29, 0.717) is 5.69 Å². The Hall–Kier alpha value is -4.12. The van der Waals surface area contributed by atoms with Crippen molar-refractivity contribution in [3.63, 3.8) is 0 Å². The molecule has 1 aliphatic heterocycles. The summed E-state index contributed by atoms with van der Waals surface area (Å²) in [7, 11) is 0. The second-order valence-corrected chi connectivity index (χ2v) is 8.63. The van der Waals surface area contributed by atoms with Gasteiger partial charge in [-0.25, -0.2) is 9.18 Å². The van der Waals surface area contributed by atoms with Crippen LogP contribution in [-0.2, 0) is 0 Å². The quantitative estimate of drug-likeness (QED) is 0.605. The molecule has 0 radical (unpaired) electrons. The number of carboxylic acid groups (broad SMARTS) is 1. The van der Waals surface area contributed by atoms with Crippen molar-refractivity contribution in [2.24, 2.45) is 17.1 Å². The van der Waals surface area contributed by atoms with Gasteiger partial charge in [0.05, 0.1) is 35.6 Å². The molecule has 0 aliphatic carbocycles. The number of primary amides is 1. The second kappa shape index (κ2) is 9.17. The molecule has 0 spiro atoms. The fourth-order valence-electron chi connectivity index (χ4n) is 4.09. The average Bonchev–Trinajstić information content (AvgIpc) is 3.18. The predicted molar refractivity (Wildman–Crippen MR) is 116 cm³/mol. The number of aromatic nitrogens is 2. The Morgan fingerprint density at radius 3 is 2.55 bits per heavy atom. The smallest absolute Gasteiger partial charge is 0.407 e. The number of hydrogen-bond acceptors (Lipinski definition) is 6. The molecule has 2 aromatic rings. The number of carbonyl (C=O) groups excluding carboxylic acids is 1. The van der Waals surface area contributed by atoms with Crippen LogP contribution in [0.5, 0.6) is 0 Å². The van der Waals surface area contributed by atoms with Gasteiger partial charge in [0, 0.05) is 18.4 Å². The van der Waals surface area contributed by atoms with Gasteiger partial charge in [-0.1, -0.05) is 0 Å². The van der Waals surface area contributed by atoms with E-state index in [1.54, 1.807) is 13.8 Å². The molecule has 3 atom stereocenters. The number of nitriles is 2. The molecule has 1 aromatic carbocycles. The van der Waals surface area contributed by atoms with Crippen LogP contribution in [0.4, 0.5) is 20.7 Å². The van der Waals surface area contributed by atoms with E-state index in [1.807, 2.05) is 0 Å². The number of benzene rings is 1. The summed E-state index contributed by atoms with van der Waals surface area (Å²) in [6, 6.07) is 8.29. The van der Waals surface area contributed by atoms with Crippen LogP contribution in [0.25, 0.3) is 0 Å². The number of hydrogen-bond donors (Lipinski definition) is 3. The van der Waals surface area contributed by atoms with Crippen molar-refractivity contribution in [2.45, 2.75) is 38.8 Å². The molecule has 3 rings (SSSR count). The zero-order valence-corrected chi connectivity index (χ0v) is 18.2. The molecule has 1 saturated heterocycles. The Morgan fingerprint density at radius 2 is 2.00 bits per heavy atom. The lowest BCUT2D eigenvalue weighted by Crippen LogP contribution is -2.53. The zero-order valence-electron chi connectivity index (χ0n) is 18.2. The number of piperidine rings is 1. The summed E-state index contributed by atoms with van der Waals surface area (Å²) >= 11 is 0. The first-order valence-corrected chi connectivity index (χ1v) is 10.3. The lowest BCUT2D eigenvalue weighted by molar-refractivity contribution is 0.0463. The van der Waals surface area contributed by atoms with Crippen molar-refractivity contribution in [2.75, 3.05) is 11.9 Å². The molecule has 10 nitrogen and oxygen atoms in total. The monoisotopic (exact) mass is 453 g/mol. The maximum absolute atomic E-state index is 13.2. The summed E-state index contributed by atoms with van der Waals surface area (Å²) in [5.41, 5.74) is 5.15. The summed E-state index contributed by atoms with van der Waals surface area (Å²) < 4.78 is 14.6. The first-order valence-electron chi connectivity index (χ1n) is 10.3. The van der Waals surface area contributed by atoms with Crippen LogP contribution in [0.2, 0.25) is 0 Å². The number of anilines is 2. The lowest BCUT2D eigenvalue weighted by atomic mass is 9.78. The van der Waals surface area contributed by atoms with Gasteiger partial charge >= 0.3 is 6.09 Å². The van der Waals surface area contributed by atoms with Crippen molar-refractivity contribution in [1.82, 2.24) is 14.7 Å². The second-order valence-electron chi connectivity index (χ2n) is 8.63. The minimum atomic E-state index is -1.16. The standard InChI is InChI=1S/C22H24FN7O3/c1-22(2,12-25)9-17-18(13(10-24)7-8-29(17)21(32)33)30-11-16(19(26)31)20(28-30)27-15-5-3-14(23)4-6-15/h3-6,11,13,17-18H,7-9H2,1-2H3,(H2,26,31)(H,27,28)(H,32,33)/t13-,17?,18-/m1/s1. The van der Waals surface area contributed by atoms with E-state index < -0.39 is 41.2 Å². The minimum absolute atomic E-state index is 0.0294. The number of likely N-dealkylation sites (tertiary alicyclic amines) is 1. The number of nitrogens with two attached hydrogens (primary N) is 1. The zero-order chi connectivity index (χ0) is 24.3. The maximum Gasteiger partial charge on any atom is 0.407 e. The van der Waals surface area contributed by atoms with Gasteiger partial charge in [0.1, 0.15) is 11.4 Å². The molecule has 1 aliphatic rings. The molecule has 1 fully saturated rings. The van der Waals surface area contributed by atoms with Crippen LogP contribution in [0, 0.1) is 39.8 Å². The van der Waals surface area contributed by atoms with E-state index in [1.165, 1.54) is 40.0 Å². The summed E-state index contributed by atoms with van der Waals surface area (Å²) in [5.74, 6) is -1.73. The van der Waals surface area contributed by atoms with Gasteiger partial charge in [0.15, 0.2) is 5.82 Å². The molecule has 2 amide bonds. The Balaban J connectivity index is 2.08. The summed E-state index contributed by atoms with van der Waals surface area (Å²) in [5, 5.41) is 36.5. The summed E-state index contributed by atoms with van der Waals surface area (Å²) in [4.78, 5) is 25.3. The number of nitrogens with one attached hydrogen (secondary N) is 1. The molecule has 1 unspecified atom stereocenters. The molecule has 172 valence electrons. The minimum Gasteiger partial charge on any atom is -0.465 e. The SMILES string of the molecule is CC(C)(C#N)CC1[C@H](n2cc(C(N)=O)c(Nc3ccc(F)cc3)n2)[C@@H](C#N)CCN1C(=O)O. The molecule has 0 bridgehead atoms. The number of halogens is 1. The number of rotatable bonds is 6. The van der Waals surface area contributed by atoms with Gasteiger partial charge in [-0.2, -0.15) is 15.6 Å². The highest BCUT2D eigenvalue weighted by atomic mass is 19.1. The third-order valence-electron chi connectivity index (χ3n) is 5.73. The first-order chi connectivity index (χ1) is 15.6. The Kier molecular flexibility index (Phi) is 6.54. The topological polar surface area (TPSA) is 161 Å². The van der Waals surface area contributed by atoms with Crippen molar-refractivity contribution in [3.05, 3.63) is 41.8 Å². The number of nitrogens with zero attached hydrogens (tertiary/aromatic N) is 5. The van der Waals surface area contributed by atoms with Gasteiger partial charge in [-0.05, 0) is 51.0 Å². The largest absolute Gasteiger partial charge is 0.465 e. The van der Waals surface area contributed by atoms with Gasteiger partial charge < -0.3 is 21.1 Å². The lowest BCUT2D eigenvalue weighted by Gasteiger charge is -2.43. The van der Waals surface area contributed by atoms with Crippen LogP contribution in [0.1, 0.15) is 43.1 Å². The Morgan fingerprint density at radius 1 is 1.33 bits per heavy atom. The van der Waals surface area contributed by atoms with Crippen LogP contribution in [-0.4, -0.2) is 44.4 Å². The normalized spacial score (nSPS) is 20.5. The highest BCUT2D eigenvalue weighted by molar-refractivity contribution is 5.98. The summed E-state index contributed by atoms with van der Waals surface area (Å²) in [6.07, 6.45) is 0.636. The van der Waals surface area contributed by atoms with E-state index in [4.69, 9.17) is 5.73 Å². The third kappa shape index (κ3) is 5.04. The molecule has 4 N–H and O–H groups in total. The van der Waals surface area contributed by atoms with Gasteiger partial charge in [0.25, 0.3) is 5.91 Å². The molecule has 33 heavy (non-hydrogen) atoms. The predicted octanol–water partition coefficient (Wildman–Crippen LogP) is 3.24. The number of carbonyl (C=O) groups is 2. The molecular weight excluding hydrogens is 429 g/mol. The van der Waals surface area contributed by atoms with E-state index in [2.05, 4.69) is 22.6 Å². The van der Waals surface area contributed by atoms with E-state index in [9.17, 15) is 29.6 Å². The molecule has 0 saturated carbocycles. The van der Waals surface area contributed by atoms with E-state index in [0.717, 1.165) is 0 Å². The van der Waals surface area contributed by atoms with Crippen LogP contribution in [0.15, 0.2) is 30.5 Å². The fraction of sp³-hybridized carbons (Fsp3) is 0.409. The Labute approximate surface area is 190 Å². The van der Waals surface area contributed by atoms with Crippen molar-refractivity contribution in [1.29, 1.82) is 10.5 Å². The molecular formula is C22H24FN7O3. The van der Waals surface area contributed by atoms with Crippen LogP contribution >= 0.6 is 0 Å². The van der Waals surface area contributed by atoms with Crippen LogP contribution < -0.4 is 11.1 Å². The van der Waals surface area contributed by atoms with Crippen molar-refractivity contribution < 1.29 is 19.1 Å². The first kappa shape index (κ1) is 23.5. The third-order valence-corrected chi connectivity index (χ3v) is 5.73. The van der Waals surface area contributed by atoms with E-state index in [-0.39, 0.29) is 30.8 Å². The van der Waals surface area contributed by atoms with Crippen molar-refractivity contribution in [3.8, 4) is 12.1 Å². The van der Waals surface area contributed by atoms with Crippen LogP contribution in [0.3, 0.4) is 0 Å². The number of amides is 2. The highest BCUT2D eigenvalue weighted by Gasteiger charge is 2.45. The van der Waals surface area contributed by atoms with Gasteiger partial charge in [-0.3, -0.25) is 9.48 Å². The Bertz CT molecular complexity index is 1130. The molecule has 2 heterocycles. The van der Waals surface area contributed by atoms with Gasteiger partial charge in [0.2, 0.25) is 0 Å². The maximum atomic E-state index is 13.2. The molecule has 1 aromatic heterocycles. The summed E-state index contributed by atoms with van der Waals surface area (Å²) in [6.45, 7) is 3.53. The van der Waals surface area contributed by atoms with E-state index >= 15 is 0 Å². The average molecular weight is 453 g/mol. The fourth-order valence-corrected chi connectivity index (χ4v) is 4.09.